The highest BCUT2D eigenvalue weighted by Gasteiger charge is 2.67. The van der Waals surface area contributed by atoms with Crippen molar-refractivity contribution in [2.45, 2.75) is 20.3 Å². The normalized spacial score (nSPS) is 30.2. The highest BCUT2D eigenvalue weighted by molar-refractivity contribution is 6.22. The highest BCUT2D eigenvalue weighted by atomic mass is 16.5. The molecule has 0 unspecified atom stereocenters. The first-order chi connectivity index (χ1) is 16.3. The molecule has 7 rings (SSSR count). The SMILES string of the molecule is Cc1ccc(C)c(C(=O)COC(=O)c2ccc(N3C(=O)[C@@H]4[C@H]5C=C[C@H]([C@H]6C[C@H]56)[C@@H]4C3=O)cc2)c1. The summed E-state index contributed by atoms with van der Waals surface area (Å²) in [4.78, 5) is 52.8. The van der Waals surface area contributed by atoms with Gasteiger partial charge in [-0.25, -0.2) is 4.79 Å². The van der Waals surface area contributed by atoms with Crippen LogP contribution in [0.1, 0.15) is 38.3 Å². The summed E-state index contributed by atoms with van der Waals surface area (Å²) < 4.78 is 5.23. The van der Waals surface area contributed by atoms with Crippen molar-refractivity contribution < 1.29 is 23.9 Å². The molecule has 2 saturated carbocycles. The average molecular weight is 456 g/mol. The van der Waals surface area contributed by atoms with Crippen LogP contribution in [-0.2, 0) is 14.3 Å². The van der Waals surface area contributed by atoms with Crippen LogP contribution in [0.25, 0.3) is 0 Å². The summed E-state index contributed by atoms with van der Waals surface area (Å²) in [5, 5.41) is 0. The van der Waals surface area contributed by atoms with Gasteiger partial charge in [0.05, 0.1) is 23.1 Å². The third-order valence-electron chi connectivity index (χ3n) is 8.05. The molecule has 2 amide bonds. The van der Waals surface area contributed by atoms with Crippen LogP contribution in [-0.4, -0.2) is 30.2 Å². The zero-order valence-electron chi connectivity index (χ0n) is 19.1. The Morgan fingerprint density at radius 3 is 2.15 bits per heavy atom. The van der Waals surface area contributed by atoms with Gasteiger partial charge in [-0.2, -0.15) is 0 Å². The minimum Gasteiger partial charge on any atom is -0.454 e. The molecule has 6 atom stereocenters. The molecule has 34 heavy (non-hydrogen) atoms. The number of hydrogen-bond acceptors (Lipinski definition) is 5. The molecule has 3 fully saturated rings. The van der Waals surface area contributed by atoms with Gasteiger partial charge in [-0.3, -0.25) is 19.3 Å². The lowest BCUT2D eigenvalue weighted by molar-refractivity contribution is -0.124. The van der Waals surface area contributed by atoms with Crippen LogP contribution in [0, 0.1) is 49.4 Å². The summed E-state index contributed by atoms with van der Waals surface area (Å²) in [7, 11) is 0. The predicted molar refractivity (Wildman–Crippen MR) is 124 cm³/mol. The van der Waals surface area contributed by atoms with Gasteiger partial charge in [-0.05, 0) is 79.8 Å². The number of ether oxygens (including phenoxy) is 1. The fourth-order valence-corrected chi connectivity index (χ4v) is 6.29. The van der Waals surface area contributed by atoms with E-state index < -0.39 is 5.97 Å². The number of carbonyl (C=O) groups is 4. The van der Waals surface area contributed by atoms with Gasteiger partial charge < -0.3 is 4.74 Å². The Balaban J connectivity index is 1.14. The molecule has 0 aromatic heterocycles. The Morgan fingerprint density at radius 1 is 0.912 bits per heavy atom. The minimum absolute atomic E-state index is 0.130. The maximum Gasteiger partial charge on any atom is 0.338 e. The molecule has 0 spiro atoms. The van der Waals surface area contributed by atoms with Crippen LogP contribution in [0.2, 0.25) is 0 Å². The molecule has 1 heterocycles. The summed E-state index contributed by atoms with van der Waals surface area (Å²) in [6.45, 7) is 3.39. The third kappa shape index (κ3) is 3.08. The van der Waals surface area contributed by atoms with Crippen molar-refractivity contribution in [2.75, 3.05) is 11.5 Å². The van der Waals surface area contributed by atoms with E-state index in [1.165, 1.54) is 17.0 Å². The lowest BCUT2D eigenvalue weighted by atomic mass is 9.63. The molecule has 6 nitrogen and oxygen atoms in total. The molecular weight excluding hydrogens is 430 g/mol. The third-order valence-corrected chi connectivity index (χ3v) is 8.05. The molecule has 2 bridgehead atoms. The Labute approximate surface area is 197 Å². The number of esters is 1. The fourth-order valence-electron chi connectivity index (χ4n) is 6.29. The smallest absolute Gasteiger partial charge is 0.338 e. The van der Waals surface area contributed by atoms with Gasteiger partial charge in [-0.15, -0.1) is 0 Å². The summed E-state index contributed by atoms with van der Waals surface area (Å²) in [6.07, 6.45) is 5.42. The van der Waals surface area contributed by atoms with Gasteiger partial charge in [0.15, 0.2) is 6.61 Å². The van der Waals surface area contributed by atoms with E-state index in [4.69, 9.17) is 4.74 Å². The molecule has 0 radical (unpaired) electrons. The number of imide groups is 1. The molecule has 6 heteroatoms. The summed E-state index contributed by atoms with van der Waals surface area (Å²) in [5.74, 6) is -0.214. The zero-order valence-corrected chi connectivity index (χ0v) is 19.1. The summed E-state index contributed by atoms with van der Waals surface area (Å²) in [5.41, 5.74) is 3.06. The van der Waals surface area contributed by atoms with E-state index in [0.717, 1.165) is 17.5 Å². The second kappa shape index (κ2) is 7.49. The maximum atomic E-state index is 13.2. The minimum atomic E-state index is -0.625. The van der Waals surface area contributed by atoms with E-state index in [9.17, 15) is 19.2 Å². The average Bonchev–Trinajstić information content (AvgIpc) is 3.62. The van der Waals surface area contributed by atoms with Gasteiger partial charge in [0.1, 0.15) is 0 Å². The first kappa shape index (κ1) is 21.0. The summed E-state index contributed by atoms with van der Waals surface area (Å²) in [6, 6.07) is 11.9. The molecule has 2 aromatic carbocycles. The quantitative estimate of drug-likeness (QED) is 0.296. The topological polar surface area (TPSA) is 80.8 Å². The number of hydrogen-bond donors (Lipinski definition) is 0. The van der Waals surface area contributed by atoms with Crippen LogP contribution in [0.15, 0.2) is 54.6 Å². The molecule has 172 valence electrons. The Bertz CT molecular complexity index is 1240. The number of rotatable bonds is 5. The van der Waals surface area contributed by atoms with Crippen molar-refractivity contribution in [3.05, 3.63) is 76.9 Å². The van der Waals surface area contributed by atoms with Gasteiger partial charge in [0, 0.05) is 5.56 Å². The second-order valence-corrected chi connectivity index (χ2v) is 10.0. The molecule has 0 N–H and O–H groups in total. The van der Waals surface area contributed by atoms with E-state index >= 15 is 0 Å². The molecule has 1 aliphatic heterocycles. The number of allylic oxidation sites excluding steroid dienone is 2. The number of amides is 2. The fraction of sp³-hybridized carbons (Fsp3) is 0.357. The first-order valence-corrected chi connectivity index (χ1v) is 11.8. The van der Waals surface area contributed by atoms with Crippen LogP contribution in [0.5, 0.6) is 0 Å². The number of anilines is 1. The lowest BCUT2D eigenvalue weighted by Gasteiger charge is -2.37. The molecule has 4 aliphatic carbocycles. The van der Waals surface area contributed by atoms with Crippen LogP contribution in [0.4, 0.5) is 5.69 Å². The van der Waals surface area contributed by atoms with Crippen molar-refractivity contribution in [3.63, 3.8) is 0 Å². The van der Waals surface area contributed by atoms with E-state index in [-0.39, 0.29) is 53.4 Å². The molecule has 5 aliphatic rings. The second-order valence-electron chi connectivity index (χ2n) is 10.0. The van der Waals surface area contributed by atoms with Crippen molar-refractivity contribution >= 4 is 29.3 Å². The molecular formula is C28H25NO5. The van der Waals surface area contributed by atoms with E-state index in [2.05, 4.69) is 12.2 Å². The monoisotopic (exact) mass is 455 g/mol. The number of benzene rings is 2. The molecule has 1 saturated heterocycles. The van der Waals surface area contributed by atoms with Crippen molar-refractivity contribution in [3.8, 4) is 0 Å². The van der Waals surface area contributed by atoms with Gasteiger partial charge in [0.2, 0.25) is 17.6 Å². The summed E-state index contributed by atoms with van der Waals surface area (Å²) >= 11 is 0. The van der Waals surface area contributed by atoms with E-state index in [1.54, 1.807) is 18.2 Å². The number of aryl methyl sites for hydroxylation is 2. The Hall–Kier alpha value is -3.54. The lowest BCUT2D eigenvalue weighted by Crippen LogP contribution is -2.40. The zero-order chi connectivity index (χ0) is 23.7. The predicted octanol–water partition coefficient (Wildman–Crippen LogP) is 3.90. The van der Waals surface area contributed by atoms with Crippen LogP contribution < -0.4 is 4.90 Å². The highest BCUT2D eigenvalue weighted by Crippen LogP contribution is 2.65. The van der Waals surface area contributed by atoms with Crippen LogP contribution >= 0.6 is 0 Å². The number of nitrogens with zero attached hydrogens (tertiary/aromatic N) is 1. The number of Topliss-reactive ketones (excluding diaryl/α,β-unsaturated/α-hetero) is 1. The maximum absolute atomic E-state index is 13.2. The van der Waals surface area contributed by atoms with E-state index in [1.807, 2.05) is 26.0 Å². The number of carbonyl (C=O) groups excluding carboxylic acids is 4. The standard InChI is InChI=1S/C28H25NO5/c1-14-3-4-15(2)20(11-14)23(30)13-34-28(33)16-5-7-17(8-6-16)29-26(31)24-18-9-10-19(22-12-21(18)22)25(24)27(29)32/h3-11,18-19,21-22,24-25H,12-13H2,1-2H3/t18-,19+,21-,22-,24+,25-/m1/s1. The van der Waals surface area contributed by atoms with E-state index in [0.29, 0.717) is 23.1 Å². The Kier molecular flexibility index (Phi) is 4.63. The molecule has 2 aromatic rings. The van der Waals surface area contributed by atoms with Crippen molar-refractivity contribution in [1.82, 2.24) is 0 Å². The van der Waals surface area contributed by atoms with Crippen molar-refractivity contribution in [1.29, 1.82) is 0 Å². The van der Waals surface area contributed by atoms with Gasteiger partial charge in [-0.1, -0.05) is 29.8 Å². The largest absolute Gasteiger partial charge is 0.454 e. The Morgan fingerprint density at radius 2 is 1.53 bits per heavy atom. The van der Waals surface area contributed by atoms with Crippen LogP contribution in [0.3, 0.4) is 0 Å². The first-order valence-electron chi connectivity index (χ1n) is 11.8. The van der Waals surface area contributed by atoms with Gasteiger partial charge in [0.25, 0.3) is 0 Å². The van der Waals surface area contributed by atoms with Crippen molar-refractivity contribution in [2.24, 2.45) is 35.5 Å². The van der Waals surface area contributed by atoms with Gasteiger partial charge >= 0.3 is 5.97 Å². The number of ketones is 1.